The van der Waals surface area contributed by atoms with Crippen LogP contribution in [0.25, 0.3) is 6.08 Å². The van der Waals surface area contributed by atoms with Crippen molar-refractivity contribution in [2.45, 2.75) is 6.42 Å². The van der Waals surface area contributed by atoms with Gasteiger partial charge in [0.15, 0.2) is 0 Å². The van der Waals surface area contributed by atoms with Gasteiger partial charge in [-0.1, -0.05) is 0 Å². The molecule has 0 bridgehead atoms. The van der Waals surface area contributed by atoms with E-state index < -0.39 is 0 Å². The summed E-state index contributed by atoms with van der Waals surface area (Å²) in [4.78, 5) is 2.86. The first-order valence-corrected chi connectivity index (χ1v) is 3.47. The van der Waals surface area contributed by atoms with Crippen LogP contribution in [0.3, 0.4) is 0 Å². The summed E-state index contributed by atoms with van der Waals surface area (Å²) in [6.07, 6.45) is 5.41. The number of hydrogen-bond acceptors (Lipinski definition) is 2. The van der Waals surface area contributed by atoms with E-state index in [4.69, 9.17) is 10.5 Å². The van der Waals surface area contributed by atoms with Crippen LogP contribution in [-0.4, -0.2) is 4.98 Å². The van der Waals surface area contributed by atoms with Crippen molar-refractivity contribution in [1.82, 2.24) is 4.98 Å². The van der Waals surface area contributed by atoms with Crippen LogP contribution >= 0.6 is 0 Å². The van der Waals surface area contributed by atoms with E-state index in [-0.39, 0.29) is 6.42 Å². The third-order valence-corrected chi connectivity index (χ3v) is 1.38. The van der Waals surface area contributed by atoms with Gasteiger partial charge in [-0.15, -0.1) is 0 Å². The molecule has 0 fully saturated rings. The van der Waals surface area contributed by atoms with Crippen molar-refractivity contribution in [1.29, 1.82) is 10.5 Å². The normalized spacial score (nSPS) is 10.3. The average Bonchev–Trinajstić information content (AvgIpc) is 2.56. The SMILES string of the molecule is N#CC/C(C#N)=C\c1cc[nH]c1. The molecule has 12 heavy (non-hydrogen) atoms. The quantitative estimate of drug-likeness (QED) is 0.665. The molecule has 3 heteroatoms. The molecular weight excluding hydrogens is 150 g/mol. The van der Waals surface area contributed by atoms with Crippen LogP contribution in [0.4, 0.5) is 0 Å². The van der Waals surface area contributed by atoms with Gasteiger partial charge < -0.3 is 4.98 Å². The number of aromatic amines is 1. The number of H-pyrrole nitrogens is 1. The van der Waals surface area contributed by atoms with Gasteiger partial charge in [0.1, 0.15) is 0 Å². The second-order valence-electron chi connectivity index (χ2n) is 2.26. The van der Waals surface area contributed by atoms with Crippen molar-refractivity contribution >= 4 is 6.08 Å². The van der Waals surface area contributed by atoms with E-state index in [0.717, 1.165) is 5.56 Å². The zero-order valence-corrected chi connectivity index (χ0v) is 6.41. The van der Waals surface area contributed by atoms with E-state index in [1.165, 1.54) is 0 Å². The van der Waals surface area contributed by atoms with E-state index in [1.807, 2.05) is 18.2 Å². The monoisotopic (exact) mass is 157 g/mol. The maximum Gasteiger partial charge on any atom is 0.0958 e. The largest absolute Gasteiger partial charge is 0.367 e. The van der Waals surface area contributed by atoms with Gasteiger partial charge in [-0.05, 0) is 17.7 Å². The Morgan fingerprint density at radius 2 is 2.42 bits per heavy atom. The lowest BCUT2D eigenvalue weighted by molar-refractivity contribution is 1.28. The summed E-state index contributed by atoms with van der Waals surface area (Å²) in [5, 5.41) is 16.9. The molecule has 0 aliphatic carbocycles. The Kier molecular flexibility index (Phi) is 2.70. The summed E-state index contributed by atoms with van der Waals surface area (Å²) in [6, 6.07) is 5.74. The van der Waals surface area contributed by atoms with Crippen molar-refractivity contribution in [3.63, 3.8) is 0 Å². The van der Waals surface area contributed by atoms with Crippen molar-refractivity contribution in [2.24, 2.45) is 0 Å². The number of hydrogen-bond donors (Lipinski definition) is 1. The highest BCUT2D eigenvalue weighted by Gasteiger charge is 1.94. The number of aromatic nitrogens is 1. The first-order valence-electron chi connectivity index (χ1n) is 3.47. The Morgan fingerprint density at radius 1 is 1.58 bits per heavy atom. The van der Waals surface area contributed by atoms with Crippen molar-refractivity contribution in [3.8, 4) is 12.1 Å². The standard InChI is InChI=1S/C9H7N3/c10-3-1-8(6-11)5-9-2-4-12-7-9/h2,4-5,7,12H,1H2/b8-5+. The molecule has 0 aliphatic heterocycles. The molecule has 0 spiro atoms. The minimum atomic E-state index is 0.168. The Labute approximate surface area is 70.6 Å². The molecule has 0 radical (unpaired) electrons. The molecular formula is C9H7N3. The van der Waals surface area contributed by atoms with Crippen molar-refractivity contribution in [2.75, 3.05) is 0 Å². The van der Waals surface area contributed by atoms with Gasteiger partial charge in [-0.2, -0.15) is 10.5 Å². The Bertz CT molecular complexity index is 346. The van der Waals surface area contributed by atoms with Crippen LogP contribution in [0.2, 0.25) is 0 Å². The molecule has 1 N–H and O–H groups in total. The predicted octanol–water partition coefficient (Wildman–Crippen LogP) is 1.84. The van der Waals surface area contributed by atoms with Crippen molar-refractivity contribution < 1.29 is 0 Å². The van der Waals surface area contributed by atoms with Gasteiger partial charge in [0, 0.05) is 18.0 Å². The molecule has 1 rings (SSSR count). The minimum Gasteiger partial charge on any atom is -0.367 e. The van der Waals surface area contributed by atoms with Crippen LogP contribution in [0.15, 0.2) is 24.0 Å². The van der Waals surface area contributed by atoms with Crippen LogP contribution in [-0.2, 0) is 0 Å². The summed E-state index contributed by atoms with van der Waals surface area (Å²) in [5.74, 6) is 0. The highest BCUT2D eigenvalue weighted by Crippen LogP contribution is 2.07. The second kappa shape index (κ2) is 4.00. The summed E-state index contributed by atoms with van der Waals surface area (Å²) in [6.45, 7) is 0. The smallest absolute Gasteiger partial charge is 0.0958 e. The maximum absolute atomic E-state index is 8.58. The molecule has 0 saturated heterocycles. The highest BCUT2D eigenvalue weighted by molar-refractivity contribution is 5.56. The zero-order chi connectivity index (χ0) is 8.81. The highest BCUT2D eigenvalue weighted by atomic mass is 14.6. The number of nitriles is 2. The third kappa shape index (κ3) is 2.00. The summed E-state index contributed by atoms with van der Waals surface area (Å²) >= 11 is 0. The van der Waals surface area contributed by atoms with Gasteiger partial charge in [-0.3, -0.25) is 0 Å². The lowest BCUT2D eigenvalue weighted by atomic mass is 10.1. The number of rotatable bonds is 2. The predicted molar refractivity (Wildman–Crippen MR) is 44.6 cm³/mol. The minimum absolute atomic E-state index is 0.168. The molecule has 0 aromatic carbocycles. The van der Waals surface area contributed by atoms with Crippen molar-refractivity contribution in [3.05, 3.63) is 29.6 Å². The maximum atomic E-state index is 8.58. The summed E-state index contributed by atoms with van der Waals surface area (Å²) in [5.41, 5.74) is 1.40. The first-order chi connectivity index (χ1) is 5.86. The van der Waals surface area contributed by atoms with Gasteiger partial charge in [0.05, 0.1) is 18.6 Å². The molecule has 58 valence electrons. The van der Waals surface area contributed by atoms with E-state index in [2.05, 4.69) is 4.98 Å². The zero-order valence-electron chi connectivity index (χ0n) is 6.41. The first kappa shape index (κ1) is 8.10. The van der Waals surface area contributed by atoms with Gasteiger partial charge in [0.25, 0.3) is 0 Å². The molecule has 0 atom stereocenters. The molecule has 0 amide bonds. The van der Waals surface area contributed by atoms with Crippen LogP contribution < -0.4 is 0 Å². The third-order valence-electron chi connectivity index (χ3n) is 1.38. The van der Waals surface area contributed by atoms with Crippen LogP contribution in [0.5, 0.6) is 0 Å². The van der Waals surface area contributed by atoms with E-state index in [0.29, 0.717) is 5.57 Å². The van der Waals surface area contributed by atoms with Crippen LogP contribution in [0.1, 0.15) is 12.0 Å². The molecule has 0 unspecified atom stereocenters. The molecule has 0 saturated carbocycles. The summed E-state index contributed by atoms with van der Waals surface area (Å²) in [7, 11) is 0. The molecule has 1 aromatic heterocycles. The lowest BCUT2D eigenvalue weighted by Gasteiger charge is -1.86. The fourth-order valence-electron chi connectivity index (χ4n) is 0.836. The Hall–Kier alpha value is -2.00. The lowest BCUT2D eigenvalue weighted by Crippen LogP contribution is -1.75. The Morgan fingerprint density at radius 3 is 2.92 bits per heavy atom. The fraction of sp³-hybridized carbons (Fsp3) is 0.111. The molecule has 1 aromatic rings. The summed E-state index contributed by atoms with van der Waals surface area (Å²) < 4.78 is 0. The topological polar surface area (TPSA) is 63.4 Å². The molecule has 1 heterocycles. The number of nitrogens with zero attached hydrogens (tertiary/aromatic N) is 2. The van der Waals surface area contributed by atoms with E-state index in [1.54, 1.807) is 18.5 Å². The molecule has 0 aliphatic rings. The number of allylic oxidation sites excluding steroid dienone is 1. The fourth-order valence-corrected chi connectivity index (χ4v) is 0.836. The molecule has 3 nitrogen and oxygen atoms in total. The van der Waals surface area contributed by atoms with Gasteiger partial charge in [-0.25, -0.2) is 0 Å². The van der Waals surface area contributed by atoms with E-state index >= 15 is 0 Å². The number of nitrogens with one attached hydrogen (secondary N) is 1. The van der Waals surface area contributed by atoms with Gasteiger partial charge in [0.2, 0.25) is 0 Å². The van der Waals surface area contributed by atoms with E-state index in [9.17, 15) is 0 Å². The Balaban J connectivity index is 2.81. The van der Waals surface area contributed by atoms with Gasteiger partial charge >= 0.3 is 0 Å². The second-order valence-corrected chi connectivity index (χ2v) is 2.26. The van der Waals surface area contributed by atoms with Crippen LogP contribution in [0, 0.1) is 22.7 Å². The average molecular weight is 157 g/mol.